The Morgan fingerprint density at radius 2 is 2.20 bits per heavy atom. The van der Waals surface area contributed by atoms with E-state index in [1.54, 1.807) is 12.1 Å². The minimum absolute atomic E-state index is 0.0219. The van der Waals surface area contributed by atoms with Gasteiger partial charge in [-0.2, -0.15) is 0 Å². The second-order valence-electron chi connectivity index (χ2n) is 2.85. The van der Waals surface area contributed by atoms with Crippen LogP contribution in [0.2, 0.25) is 0 Å². The third-order valence-electron chi connectivity index (χ3n) is 1.94. The Kier molecular flexibility index (Phi) is 3.49. The standard InChI is InChI=1S/C10H8I2O3/c13-8-3-1-2-6(9(8)10(14)15)7-4-11-5-12-7/h1-4,13H,5H2,(H,14,15)/q-2. The zero-order chi connectivity index (χ0) is 10.8. The van der Waals surface area contributed by atoms with Gasteiger partial charge in [-0.15, -0.1) is 0 Å². The molecule has 0 unspecified atom stereocenters. The number of aromatic carboxylic acids is 1. The SMILES string of the molecule is O=C(O)c1c(O)cccc1C1=C[I-]C[I-]1. The molecule has 1 aromatic carbocycles. The van der Waals surface area contributed by atoms with Crippen LogP contribution in [0.3, 0.4) is 0 Å². The Labute approximate surface area is 108 Å². The molecule has 0 bridgehead atoms. The van der Waals surface area contributed by atoms with Crippen molar-refractivity contribution in [1.29, 1.82) is 0 Å². The fraction of sp³-hybridized carbons (Fsp3) is 0.100. The van der Waals surface area contributed by atoms with Crippen LogP contribution in [0.4, 0.5) is 0 Å². The Balaban J connectivity index is 2.55. The summed E-state index contributed by atoms with van der Waals surface area (Å²) >= 11 is 0.124. The number of carbonyl (C=O) groups is 1. The maximum atomic E-state index is 11.0. The number of alkyl halides is 2. The number of hydrogen-bond donors (Lipinski definition) is 2. The van der Waals surface area contributed by atoms with Crippen LogP contribution in [0, 0.1) is 0 Å². The van der Waals surface area contributed by atoms with Crippen molar-refractivity contribution in [3.8, 4) is 5.75 Å². The molecule has 0 aromatic heterocycles. The molecule has 15 heavy (non-hydrogen) atoms. The van der Waals surface area contributed by atoms with Gasteiger partial charge in [0.25, 0.3) is 0 Å². The molecule has 2 rings (SSSR count). The van der Waals surface area contributed by atoms with Gasteiger partial charge in [0, 0.05) is 0 Å². The van der Waals surface area contributed by atoms with Gasteiger partial charge in [0.15, 0.2) is 0 Å². The Morgan fingerprint density at radius 3 is 2.80 bits per heavy atom. The molecule has 0 saturated heterocycles. The Hall–Kier alpha value is -0.310. The summed E-state index contributed by atoms with van der Waals surface area (Å²) in [5.41, 5.74) is 0.793. The van der Waals surface area contributed by atoms with E-state index in [2.05, 4.69) is 4.08 Å². The molecule has 0 spiro atoms. The fourth-order valence-electron chi connectivity index (χ4n) is 1.30. The second-order valence-corrected chi connectivity index (χ2v) is 10.7. The van der Waals surface area contributed by atoms with E-state index < -0.39 is 5.97 Å². The maximum absolute atomic E-state index is 11.0. The van der Waals surface area contributed by atoms with Crippen LogP contribution in [0.1, 0.15) is 15.9 Å². The molecule has 0 saturated carbocycles. The third kappa shape index (κ3) is 2.27. The van der Waals surface area contributed by atoms with Gasteiger partial charge in [-0.25, -0.2) is 0 Å². The normalized spacial score (nSPS) is 16.1. The zero-order valence-corrected chi connectivity index (χ0v) is 11.9. The third-order valence-corrected chi connectivity index (χ3v) is 10.7. The first kappa shape index (κ1) is 11.2. The number of rotatable bonds is 2. The predicted octanol–water partition coefficient (Wildman–Crippen LogP) is -4.46. The molecule has 0 aliphatic carbocycles. The van der Waals surface area contributed by atoms with E-state index in [4.69, 9.17) is 5.11 Å². The average Bonchev–Trinajstić information content (AvgIpc) is 2.69. The molecule has 1 aliphatic heterocycles. The quantitative estimate of drug-likeness (QED) is 0.368. The van der Waals surface area contributed by atoms with Crippen molar-refractivity contribution in [2.75, 3.05) is 2.43 Å². The van der Waals surface area contributed by atoms with Crippen LogP contribution < -0.4 is 42.4 Å². The summed E-state index contributed by atoms with van der Waals surface area (Å²) in [6.07, 6.45) is 0. The number of carboxylic acid groups (broad SMARTS) is 1. The number of phenols is 1. The van der Waals surface area contributed by atoms with Crippen molar-refractivity contribution in [1.82, 2.24) is 0 Å². The van der Waals surface area contributed by atoms with E-state index in [0.717, 1.165) is 5.56 Å². The molecule has 1 aliphatic rings. The van der Waals surface area contributed by atoms with Crippen LogP contribution in [-0.2, 0) is 0 Å². The summed E-state index contributed by atoms with van der Waals surface area (Å²) in [5, 5.41) is 18.6. The van der Waals surface area contributed by atoms with E-state index in [1.807, 2.05) is 0 Å². The van der Waals surface area contributed by atoms with Crippen molar-refractivity contribution in [3.05, 3.63) is 33.4 Å². The molecule has 82 valence electrons. The second kappa shape index (κ2) is 4.69. The van der Waals surface area contributed by atoms with E-state index in [1.165, 1.54) is 12.1 Å². The van der Waals surface area contributed by atoms with Gasteiger partial charge in [0.1, 0.15) is 0 Å². The summed E-state index contributed by atoms with van der Waals surface area (Å²) in [7, 11) is 0. The Bertz CT molecular complexity index is 440. The topological polar surface area (TPSA) is 57.5 Å². The van der Waals surface area contributed by atoms with Crippen molar-refractivity contribution in [2.45, 2.75) is 0 Å². The summed E-state index contributed by atoms with van der Waals surface area (Å²) in [5.74, 6) is -1.17. The van der Waals surface area contributed by atoms with E-state index in [-0.39, 0.29) is 53.7 Å². The zero-order valence-electron chi connectivity index (χ0n) is 7.58. The van der Waals surface area contributed by atoms with Gasteiger partial charge in [0.05, 0.1) is 0 Å². The molecule has 1 heterocycles. The molecular formula is C10H8I2O3-2. The van der Waals surface area contributed by atoms with Crippen molar-refractivity contribution in [2.24, 2.45) is 0 Å². The average molecular weight is 430 g/mol. The van der Waals surface area contributed by atoms with Crippen molar-refractivity contribution < 1.29 is 57.4 Å². The van der Waals surface area contributed by atoms with Crippen LogP contribution >= 0.6 is 0 Å². The first-order valence-corrected chi connectivity index (χ1v) is 9.50. The summed E-state index contributed by atoms with van der Waals surface area (Å²) in [6, 6.07) is 4.93. The first-order chi connectivity index (χ1) is 7.20. The number of hydrogen-bond acceptors (Lipinski definition) is 2. The summed E-state index contributed by atoms with van der Waals surface area (Å²) < 4.78 is 4.67. The van der Waals surface area contributed by atoms with Gasteiger partial charge >= 0.3 is 109 Å². The van der Waals surface area contributed by atoms with Gasteiger partial charge in [-0.05, 0) is 0 Å². The van der Waals surface area contributed by atoms with E-state index in [0.29, 0.717) is 0 Å². The first-order valence-electron chi connectivity index (χ1n) is 4.13. The number of aromatic hydroxyl groups is 1. The van der Waals surface area contributed by atoms with Crippen LogP contribution in [0.15, 0.2) is 22.3 Å². The predicted molar refractivity (Wildman–Crippen MR) is 47.9 cm³/mol. The molecule has 2 N–H and O–H groups in total. The van der Waals surface area contributed by atoms with Crippen LogP contribution in [-0.4, -0.2) is 18.6 Å². The van der Waals surface area contributed by atoms with E-state index >= 15 is 0 Å². The van der Waals surface area contributed by atoms with Gasteiger partial charge < -0.3 is 0 Å². The minimum atomic E-state index is -1.04. The molecular weight excluding hydrogens is 422 g/mol. The summed E-state index contributed by atoms with van der Waals surface area (Å²) in [4.78, 5) is 11.0. The molecule has 0 atom stereocenters. The van der Waals surface area contributed by atoms with Crippen molar-refractivity contribution >= 4 is 9.55 Å². The molecule has 3 nitrogen and oxygen atoms in total. The van der Waals surface area contributed by atoms with Crippen LogP contribution in [0.25, 0.3) is 3.58 Å². The molecule has 0 radical (unpaired) electrons. The summed E-state index contributed by atoms with van der Waals surface area (Å²) in [6.45, 7) is 0. The number of carboxylic acids is 1. The Morgan fingerprint density at radius 1 is 1.40 bits per heavy atom. The number of halogens is 2. The van der Waals surface area contributed by atoms with Crippen molar-refractivity contribution in [3.63, 3.8) is 0 Å². The van der Waals surface area contributed by atoms with Gasteiger partial charge in [-0.3, -0.25) is 0 Å². The van der Waals surface area contributed by atoms with Gasteiger partial charge in [0.2, 0.25) is 0 Å². The molecule has 5 heteroatoms. The van der Waals surface area contributed by atoms with Gasteiger partial charge in [-0.1, -0.05) is 0 Å². The van der Waals surface area contributed by atoms with Crippen LogP contribution in [0.5, 0.6) is 5.75 Å². The monoisotopic (exact) mass is 430 g/mol. The molecule has 0 amide bonds. The van der Waals surface area contributed by atoms with E-state index in [9.17, 15) is 9.90 Å². The fourth-order valence-corrected chi connectivity index (χ4v) is 10.2. The molecule has 1 aromatic rings. The number of benzene rings is 1. The molecule has 0 fully saturated rings.